The molecule has 1 aromatic carbocycles. The number of amides is 1. The summed E-state index contributed by atoms with van der Waals surface area (Å²) in [5, 5.41) is 6.47. The normalized spacial score (nSPS) is 17.4. The molecule has 0 aliphatic carbocycles. The molecule has 1 fully saturated rings. The Hall–Kier alpha value is -3.99. The zero-order valence-electron chi connectivity index (χ0n) is 18.9. The van der Waals surface area contributed by atoms with Gasteiger partial charge >= 0.3 is 0 Å². The van der Waals surface area contributed by atoms with Crippen molar-refractivity contribution < 1.29 is 23.4 Å². The van der Waals surface area contributed by atoms with Crippen LogP contribution in [0, 0.1) is 5.82 Å². The molecule has 2 aromatic heterocycles. The standard InChI is InChI=1S/C23H24FN5O5/c1-5-19(30)26-16-10-34-11-17(16)27-23-25-9-12-6-15(22(31)29(2)21(12)28-23)14-7-13(32-3)8-18(33-4)20(14)24/h5-9,16-17H,1,10-11H2,2-4H3,(H,26,30)(H,25,27,28). The zero-order valence-corrected chi connectivity index (χ0v) is 18.9. The predicted molar refractivity (Wildman–Crippen MR) is 124 cm³/mol. The predicted octanol–water partition coefficient (Wildman–Crippen LogP) is 1.63. The molecule has 2 N–H and O–H groups in total. The number of carbonyl (C=O) groups excluding carboxylic acids is 1. The number of hydrogen-bond donors (Lipinski definition) is 2. The van der Waals surface area contributed by atoms with Crippen LogP contribution in [0.3, 0.4) is 0 Å². The molecule has 4 rings (SSSR count). The van der Waals surface area contributed by atoms with Gasteiger partial charge in [0.15, 0.2) is 11.6 Å². The molecule has 34 heavy (non-hydrogen) atoms. The fraction of sp³-hybridized carbons (Fsp3) is 0.304. The van der Waals surface area contributed by atoms with Crippen LogP contribution in [0.4, 0.5) is 10.3 Å². The molecule has 2 unspecified atom stereocenters. The Bertz CT molecular complexity index is 1330. The van der Waals surface area contributed by atoms with E-state index >= 15 is 4.39 Å². The van der Waals surface area contributed by atoms with E-state index in [2.05, 4.69) is 27.2 Å². The second kappa shape index (κ2) is 9.48. The summed E-state index contributed by atoms with van der Waals surface area (Å²) in [6.07, 6.45) is 2.73. The van der Waals surface area contributed by atoms with Gasteiger partial charge in [-0.2, -0.15) is 4.98 Å². The Morgan fingerprint density at radius 2 is 2.00 bits per heavy atom. The monoisotopic (exact) mass is 469 g/mol. The highest BCUT2D eigenvalue weighted by atomic mass is 19.1. The first-order chi connectivity index (χ1) is 16.4. The molecule has 10 nitrogen and oxygen atoms in total. The number of nitrogens with one attached hydrogen (secondary N) is 2. The molecule has 3 aromatic rings. The number of rotatable bonds is 7. The molecular weight excluding hydrogens is 445 g/mol. The van der Waals surface area contributed by atoms with Crippen molar-refractivity contribution in [3.05, 3.63) is 53.2 Å². The SMILES string of the molecule is C=CC(=O)NC1COCC1Nc1ncc2cc(-c3cc(OC)cc(OC)c3F)c(=O)n(C)c2n1. The molecule has 0 spiro atoms. The highest BCUT2D eigenvalue weighted by Crippen LogP contribution is 2.33. The number of carbonyl (C=O) groups is 1. The first-order valence-corrected chi connectivity index (χ1v) is 10.4. The largest absolute Gasteiger partial charge is 0.497 e. The van der Waals surface area contributed by atoms with E-state index in [9.17, 15) is 9.59 Å². The highest BCUT2D eigenvalue weighted by Gasteiger charge is 2.30. The number of nitrogens with zero attached hydrogens (tertiary/aromatic N) is 3. The molecular formula is C23H24FN5O5. The average molecular weight is 469 g/mol. The number of halogens is 1. The Morgan fingerprint density at radius 3 is 2.71 bits per heavy atom. The van der Waals surface area contributed by atoms with Crippen molar-refractivity contribution in [1.82, 2.24) is 19.9 Å². The number of benzene rings is 1. The summed E-state index contributed by atoms with van der Waals surface area (Å²) in [5.74, 6) is -0.407. The van der Waals surface area contributed by atoms with E-state index < -0.39 is 11.4 Å². The molecule has 1 aliphatic rings. The maximum Gasteiger partial charge on any atom is 0.259 e. The van der Waals surface area contributed by atoms with Gasteiger partial charge in [-0.25, -0.2) is 9.37 Å². The number of fused-ring (bicyclic) bond motifs is 1. The molecule has 178 valence electrons. The third-order valence-corrected chi connectivity index (χ3v) is 5.62. The van der Waals surface area contributed by atoms with Crippen LogP contribution in [-0.2, 0) is 16.6 Å². The number of anilines is 1. The van der Waals surface area contributed by atoms with Crippen LogP contribution >= 0.6 is 0 Å². The smallest absolute Gasteiger partial charge is 0.259 e. The van der Waals surface area contributed by atoms with Gasteiger partial charge in [0.1, 0.15) is 11.4 Å². The maximum atomic E-state index is 15.0. The minimum absolute atomic E-state index is 0.0378. The summed E-state index contributed by atoms with van der Waals surface area (Å²) in [5.41, 5.74) is 0.0639. The van der Waals surface area contributed by atoms with E-state index in [4.69, 9.17) is 14.2 Å². The third-order valence-electron chi connectivity index (χ3n) is 5.62. The molecule has 2 atom stereocenters. The molecule has 3 heterocycles. The summed E-state index contributed by atoms with van der Waals surface area (Å²) in [6, 6.07) is 3.82. The lowest BCUT2D eigenvalue weighted by Gasteiger charge is -2.20. The maximum absolute atomic E-state index is 15.0. The molecule has 1 aliphatic heterocycles. The second-order valence-corrected chi connectivity index (χ2v) is 7.69. The van der Waals surface area contributed by atoms with Gasteiger partial charge in [-0.1, -0.05) is 6.58 Å². The van der Waals surface area contributed by atoms with Gasteiger partial charge in [0.25, 0.3) is 5.56 Å². The first-order valence-electron chi connectivity index (χ1n) is 10.4. The Labute approximate surface area is 194 Å². The van der Waals surface area contributed by atoms with Crippen LogP contribution in [0.2, 0.25) is 0 Å². The molecule has 0 radical (unpaired) electrons. The van der Waals surface area contributed by atoms with Crippen molar-refractivity contribution >= 4 is 22.9 Å². The van der Waals surface area contributed by atoms with E-state index in [1.165, 1.54) is 49.3 Å². The van der Waals surface area contributed by atoms with Crippen molar-refractivity contribution in [2.24, 2.45) is 7.05 Å². The molecule has 11 heteroatoms. The van der Waals surface area contributed by atoms with Crippen LogP contribution < -0.4 is 25.7 Å². The van der Waals surface area contributed by atoms with Gasteiger partial charge in [-0.15, -0.1) is 0 Å². The van der Waals surface area contributed by atoms with Gasteiger partial charge in [0, 0.05) is 30.3 Å². The van der Waals surface area contributed by atoms with Gasteiger partial charge in [0.2, 0.25) is 11.9 Å². The van der Waals surface area contributed by atoms with E-state index in [0.717, 1.165) is 0 Å². The lowest BCUT2D eigenvalue weighted by molar-refractivity contribution is -0.117. The minimum Gasteiger partial charge on any atom is -0.497 e. The van der Waals surface area contributed by atoms with Crippen LogP contribution in [0.25, 0.3) is 22.2 Å². The summed E-state index contributed by atoms with van der Waals surface area (Å²) in [6.45, 7) is 4.13. The van der Waals surface area contributed by atoms with E-state index in [1.807, 2.05) is 0 Å². The lowest BCUT2D eigenvalue weighted by atomic mass is 10.0. The highest BCUT2D eigenvalue weighted by molar-refractivity contribution is 5.87. The quantitative estimate of drug-likeness (QED) is 0.502. The van der Waals surface area contributed by atoms with Crippen LogP contribution in [0.5, 0.6) is 11.5 Å². The fourth-order valence-corrected chi connectivity index (χ4v) is 3.79. The summed E-state index contributed by atoms with van der Waals surface area (Å²) < 4.78 is 32.1. The number of pyridine rings is 1. The van der Waals surface area contributed by atoms with Gasteiger partial charge < -0.3 is 24.8 Å². The summed E-state index contributed by atoms with van der Waals surface area (Å²) in [7, 11) is 4.33. The number of aryl methyl sites for hydroxylation is 1. The number of aromatic nitrogens is 3. The Balaban J connectivity index is 1.71. The lowest BCUT2D eigenvalue weighted by Crippen LogP contribution is -2.45. The minimum atomic E-state index is -0.673. The molecule has 1 saturated heterocycles. The van der Waals surface area contributed by atoms with E-state index in [-0.39, 0.29) is 40.8 Å². The van der Waals surface area contributed by atoms with Gasteiger partial charge in [-0.3, -0.25) is 14.2 Å². The van der Waals surface area contributed by atoms with Crippen molar-refractivity contribution in [3.63, 3.8) is 0 Å². The third kappa shape index (κ3) is 4.29. The Kier molecular flexibility index (Phi) is 6.46. The summed E-state index contributed by atoms with van der Waals surface area (Å²) >= 11 is 0. The second-order valence-electron chi connectivity index (χ2n) is 7.69. The van der Waals surface area contributed by atoms with Crippen LogP contribution in [0.1, 0.15) is 0 Å². The first kappa shape index (κ1) is 23.2. The molecule has 0 saturated carbocycles. The van der Waals surface area contributed by atoms with Crippen molar-refractivity contribution in [2.45, 2.75) is 12.1 Å². The zero-order chi connectivity index (χ0) is 24.4. The van der Waals surface area contributed by atoms with Gasteiger partial charge in [-0.05, 0) is 18.2 Å². The van der Waals surface area contributed by atoms with Crippen LogP contribution in [0.15, 0.2) is 41.8 Å². The van der Waals surface area contributed by atoms with E-state index in [1.54, 1.807) is 7.05 Å². The topological polar surface area (TPSA) is 117 Å². The molecule has 0 bridgehead atoms. The summed E-state index contributed by atoms with van der Waals surface area (Å²) in [4.78, 5) is 33.6. The fourth-order valence-electron chi connectivity index (χ4n) is 3.79. The number of hydrogen-bond acceptors (Lipinski definition) is 8. The number of ether oxygens (including phenoxy) is 3. The van der Waals surface area contributed by atoms with Crippen molar-refractivity contribution in [1.29, 1.82) is 0 Å². The average Bonchev–Trinajstić information content (AvgIpc) is 3.28. The Morgan fingerprint density at radius 1 is 1.24 bits per heavy atom. The van der Waals surface area contributed by atoms with Crippen molar-refractivity contribution in [2.75, 3.05) is 32.8 Å². The van der Waals surface area contributed by atoms with Crippen LogP contribution in [-0.4, -0.2) is 60.0 Å². The van der Waals surface area contributed by atoms with E-state index in [0.29, 0.717) is 30.0 Å². The molecule has 1 amide bonds. The number of methoxy groups -OCH3 is 2. The van der Waals surface area contributed by atoms with Gasteiger partial charge in [0.05, 0.1) is 45.1 Å². The van der Waals surface area contributed by atoms with Crippen molar-refractivity contribution in [3.8, 4) is 22.6 Å².